The van der Waals surface area contributed by atoms with Crippen LogP contribution in [-0.2, 0) is 0 Å². The molecule has 114 valence electrons. The van der Waals surface area contributed by atoms with Gasteiger partial charge in [0.1, 0.15) is 0 Å². The van der Waals surface area contributed by atoms with E-state index in [0.717, 1.165) is 24.3 Å². The minimum atomic E-state index is 0.419. The normalized spacial score (nSPS) is 25.9. The first-order valence-corrected chi connectivity index (χ1v) is 8.33. The molecule has 1 rings (SSSR count). The van der Waals surface area contributed by atoms with E-state index in [4.69, 9.17) is 0 Å². The zero-order valence-corrected chi connectivity index (χ0v) is 14.5. The van der Waals surface area contributed by atoms with E-state index in [2.05, 4.69) is 53.8 Å². The molecule has 0 bridgehead atoms. The van der Waals surface area contributed by atoms with Crippen LogP contribution in [0.25, 0.3) is 0 Å². The highest BCUT2D eigenvalue weighted by Crippen LogP contribution is 2.39. The van der Waals surface area contributed by atoms with Crippen molar-refractivity contribution in [2.45, 2.75) is 74.1 Å². The van der Waals surface area contributed by atoms with Crippen LogP contribution in [0.4, 0.5) is 0 Å². The molecule has 1 nitrogen and oxygen atoms in total. The summed E-state index contributed by atoms with van der Waals surface area (Å²) in [6.45, 7) is 19.0. The molecule has 0 radical (unpaired) electrons. The molecule has 0 aliphatic heterocycles. The molecular weight excluding hydrogens is 230 g/mol. The lowest BCUT2D eigenvalue weighted by molar-refractivity contribution is 0.145. The predicted octanol–water partition coefficient (Wildman–Crippen LogP) is 5.11. The van der Waals surface area contributed by atoms with E-state index in [9.17, 15) is 0 Å². The minimum absolute atomic E-state index is 0.419. The maximum Gasteiger partial charge on any atom is 0.000508 e. The molecule has 0 heterocycles. The minimum Gasteiger partial charge on any atom is -0.316 e. The Hall–Kier alpha value is -0.0400. The summed E-state index contributed by atoms with van der Waals surface area (Å²) in [7, 11) is 0. The van der Waals surface area contributed by atoms with Gasteiger partial charge in [-0.15, -0.1) is 0 Å². The van der Waals surface area contributed by atoms with Crippen molar-refractivity contribution in [3.63, 3.8) is 0 Å². The summed E-state index contributed by atoms with van der Waals surface area (Å²) in [6.07, 6.45) is 5.72. The molecule has 19 heavy (non-hydrogen) atoms. The Balaban J connectivity index is 2.24. The quantitative estimate of drug-likeness (QED) is 0.730. The molecule has 1 heteroatoms. The molecule has 1 aliphatic rings. The van der Waals surface area contributed by atoms with E-state index in [0.29, 0.717) is 10.8 Å². The molecule has 1 aliphatic carbocycles. The predicted molar refractivity (Wildman–Crippen MR) is 86.4 cm³/mol. The summed E-state index contributed by atoms with van der Waals surface area (Å²) >= 11 is 0. The van der Waals surface area contributed by atoms with E-state index < -0.39 is 0 Å². The van der Waals surface area contributed by atoms with Crippen molar-refractivity contribution < 1.29 is 0 Å². The Labute approximate surface area is 121 Å². The standard InChI is InChI=1S/C18H37N/c1-14(2)18(6,7)13-19-12-15-8-10-16(11-9-15)17(3,4)5/h14-16,19H,8-13H2,1-7H3. The third-order valence-corrected chi connectivity index (χ3v) is 5.65. The Morgan fingerprint density at radius 2 is 1.47 bits per heavy atom. The zero-order valence-electron chi connectivity index (χ0n) is 14.5. The Morgan fingerprint density at radius 1 is 0.947 bits per heavy atom. The van der Waals surface area contributed by atoms with Gasteiger partial charge >= 0.3 is 0 Å². The Bertz CT molecular complexity index is 251. The topological polar surface area (TPSA) is 12.0 Å². The lowest BCUT2D eigenvalue weighted by Gasteiger charge is -2.37. The van der Waals surface area contributed by atoms with Crippen LogP contribution in [0.2, 0.25) is 0 Å². The first-order chi connectivity index (χ1) is 8.63. The highest BCUT2D eigenvalue weighted by atomic mass is 14.9. The van der Waals surface area contributed by atoms with E-state index in [1.807, 2.05) is 0 Å². The largest absolute Gasteiger partial charge is 0.316 e. The van der Waals surface area contributed by atoms with Gasteiger partial charge in [-0.3, -0.25) is 0 Å². The van der Waals surface area contributed by atoms with Crippen LogP contribution < -0.4 is 5.32 Å². The van der Waals surface area contributed by atoms with Crippen LogP contribution in [0.15, 0.2) is 0 Å². The molecule has 0 spiro atoms. The summed E-state index contributed by atoms with van der Waals surface area (Å²) in [4.78, 5) is 0. The van der Waals surface area contributed by atoms with E-state index in [1.165, 1.54) is 32.2 Å². The molecular formula is C18H37N. The molecule has 0 saturated heterocycles. The van der Waals surface area contributed by atoms with E-state index >= 15 is 0 Å². The molecule has 0 amide bonds. The van der Waals surface area contributed by atoms with Crippen molar-refractivity contribution in [2.75, 3.05) is 13.1 Å². The molecule has 0 unspecified atom stereocenters. The fourth-order valence-electron chi connectivity index (χ4n) is 3.04. The zero-order chi connectivity index (χ0) is 14.7. The number of hydrogen-bond acceptors (Lipinski definition) is 1. The van der Waals surface area contributed by atoms with Gasteiger partial charge in [-0.05, 0) is 60.8 Å². The fourth-order valence-corrected chi connectivity index (χ4v) is 3.04. The van der Waals surface area contributed by atoms with E-state index in [-0.39, 0.29) is 0 Å². The van der Waals surface area contributed by atoms with Crippen molar-refractivity contribution in [1.82, 2.24) is 5.32 Å². The SMILES string of the molecule is CC(C)C(C)(C)CNCC1CCC(C(C)(C)C)CC1. The van der Waals surface area contributed by atoms with Crippen molar-refractivity contribution in [2.24, 2.45) is 28.6 Å². The average molecular weight is 268 g/mol. The molecule has 0 aromatic carbocycles. The molecule has 0 aromatic rings. The van der Waals surface area contributed by atoms with Gasteiger partial charge in [0, 0.05) is 6.54 Å². The fraction of sp³-hybridized carbons (Fsp3) is 1.00. The van der Waals surface area contributed by atoms with Gasteiger partial charge in [0.25, 0.3) is 0 Å². The van der Waals surface area contributed by atoms with E-state index in [1.54, 1.807) is 0 Å². The van der Waals surface area contributed by atoms with Crippen molar-refractivity contribution >= 4 is 0 Å². The molecule has 1 saturated carbocycles. The van der Waals surface area contributed by atoms with Crippen LogP contribution in [0, 0.1) is 28.6 Å². The molecule has 1 fully saturated rings. The highest BCUT2D eigenvalue weighted by Gasteiger charge is 2.29. The molecule has 0 atom stereocenters. The van der Waals surface area contributed by atoms with Gasteiger partial charge in [0.15, 0.2) is 0 Å². The van der Waals surface area contributed by atoms with Crippen LogP contribution in [-0.4, -0.2) is 13.1 Å². The second-order valence-corrected chi connectivity index (χ2v) is 8.86. The van der Waals surface area contributed by atoms with Crippen LogP contribution in [0.5, 0.6) is 0 Å². The lowest BCUT2D eigenvalue weighted by atomic mass is 9.70. The summed E-state index contributed by atoms with van der Waals surface area (Å²) < 4.78 is 0. The smallest absolute Gasteiger partial charge is 0.000508 e. The van der Waals surface area contributed by atoms with Gasteiger partial charge in [-0.1, -0.05) is 48.5 Å². The first kappa shape index (κ1) is 17.0. The average Bonchev–Trinajstić information content (AvgIpc) is 2.28. The number of rotatable bonds is 5. The molecule has 0 aromatic heterocycles. The maximum atomic E-state index is 3.73. The number of nitrogens with one attached hydrogen (secondary N) is 1. The van der Waals surface area contributed by atoms with Gasteiger partial charge in [0.2, 0.25) is 0 Å². The monoisotopic (exact) mass is 267 g/mol. The first-order valence-electron chi connectivity index (χ1n) is 8.33. The Morgan fingerprint density at radius 3 is 1.89 bits per heavy atom. The van der Waals surface area contributed by atoms with Crippen LogP contribution >= 0.6 is 0 Å². The van der Waals surface area contributed by atoms with Gasteiger partial charge < -0.3 is 5.32 Å². The third kappa shape index (κ3) is 5.45. The van der Waals surface area contributed by atoms with Crippen molar-refractivity contribution in [1.29, 1.82) is 0 Å². The highest BCUT2D eigenvalue weighted by molar-refractivity contribution is 4.82. The third-order valence-electron chi connectivity index (χ3n) is 5.65. The summed E-state index contributed by atoms with van der Waals surface area (Å²) in [5.74, 6) is 2.61. The van der Waals surface area contributed by atoms with Crippen LogP contribution in [0.3, 0.4) is 0 Å². The summed E-state index contributed by atoms with van der Waals surface area (Å²) in [6, 6.07) is 0. The van der Waals surface area contributed by atoms with Gasteiger partial charge in [-0.25, -0.2) is 0 Å². The van der Waals surface area contributed by atoms with Gasteiger partial charge in [0.05, 0.1) is 0 Å². The second kappa shape index (κ2) is 6.61. The maximum absolute atomic E-state index is 3.73. The lowest BCUT2D eigenvalue weighted by Crippen LogP contribution is -2.37. The summed E-state index contributed by atoms with van der Waals surface area (Å²) in [5.41, 5.74) is 0.931. The van der Waals surface area contributed by atoms with Crippen molar-refractivity contribution in [3.05, 3.63) is 0 Å². The Kier molecular flexibility index (Phi) is 5.92. The second-order valence-electron chi connectivity index (χ2n) is 8.86. The van der Waals surface area contributed by atoms with Crippen molar-refractivity contribution in [3.8, 4) is 0 Å². The summed E-state index contributed by atoms with van der Waals surface area (Å²) in [5, 5.41) is 3.73. The van der Waals surface area contributed by atoms with Gasteiger partial charge in [-0.2, -0.15) is 0 Å². The molecule has 1 N–H and O–H groups in total. The van der Waals surface area contributed by atoms with Crippen LogP contribution in [0.1, 0.15) is 74.1 Å². The number of hydrogen-bond donors (Lipinski definition) is 1.